The molecule has 2 heterocycles. The summed E-state index contributed by atoms with van der Waals surface area (Å²) in [7, 11) is 2.83. The van der Waals surface area contributed by atoms with E-state index in [-0.39, 0.29) is 17.4 Å². The van der Waals surface area contributed by atoms with Gasteiger partial charge in [0.25, 0.3) is 5.56 Å². The van der Waals surface area contributed by atoms with E-state index >= 15 is 0 Å². The van der Waals surface area contributed by atoms with Crippen molar-refractivity contribution in [3.05, 3.63) is 56.2 Å². The lowest BCUT2D eigenvalue weighted by atomic mass is 9.69. The van der Waals surface area contributed by atoms with E-state index in [4.69, 9.17) is 13.9 Å². The molecule has 1 aliphatic carbocycles. The summed E-state index contributed by atoms with van der Waals surface area (Å²) in [5, 5.41) is 0. The van der Waals surface area contributed by atoms with Gasteiger partial charge in [-0.2, -0.15) is 0 Å². The lowest BCUT2D eigenvalue weighted by Gasteiger charge is -2.52. The van der Waals surface area contributed by atoms with Crippen LogP contribution in [0.15, 0.2) is 33.9 Å². The number of methoxy groups -OCH3 is 1. The molecule has 0 amide bonds. The fourth-order valence-corrected chi connectivity index (χ4v) is 6.50. The second-order valence-corrected chi connectivity index (χ2v) is 14.1. The number of hydrogen-bond donors (Lipinski definition) is 0. The molecule has 7 nitrogen and oxygen atoms in total. The van der Waals surface area contributed by atoms with E-state index in [1.165, 1.54) is 16.2 Å². The molecule has 0 unspecified atom stereocenters. The Balaban J connectivity index is 2.01. The van der Waals surface area contributed by atoms with E-state index in [1.54, 1.807) is 14.2 Å². The van der Waals surface area contributed by atoms with Crippen molar-refractivity contribution in [1.29, 1.82) is 0 Å². The molecular formula is C23H32N2O5Si. The van der Waals surface area contributed by atoms with E-state index < -0.39 is 19.8 Å². The smallest absolute Gasteiger partial charge is 0.333 e. The molecule has 1 aliphatic heterocycles. The second-order valence-electron chi connectivity index (χ2n) is 9.66. The quantitative estimate of drug-likeness (QED) is 0.677. The van der Waals surface area contributed by atoms with Gasteiger partial charge in [-0.05, 0) is 50.2 Å². The minimum atomic E-state index is -2.00. The predicted octanol–water partition coefficient (Wildman–Crippen LogP) is 3.35. The Labute approximate surface area is 183 Å². The Hall–Kier alpha value is -2.32. The SMILES string of the molecule is COc1ccc([C@@H]2c3c(n(C)c(=O)n(C)c3=O)O[C@]3(O[Si](C)(C)C)CCCC[C@@H]23)cc1. The third-order valence-electron chi connectivity index (χ3n) is 6.44. The molecular weight excluding hydrogens is 412 g/mol. The summed E-state index contributed by atoms with van der Waals surface area (Å²) in [4.78, 5) is 26.1. The Kier molecular flexibility index (Phi) is 5.42. The molecule has 2 aliphatic rings. The molecule has 0 bridgehead atoms. The zero-order valence-corrected chi connectivity index (χ0v) is 20.2. The highest BCUT2D eigenvalue weighted by atomic mass is 28.4. The van der Waals surface area contributed by atoms with Crippen LogP contribution in [-0.2, 0) is 18.5 Å². The van der Waals surface area contributed by atoms with E-state index in [1.807, 2.05) is 24.3 Å². The van der Waals surface area contributed by atoms with Gasteiger partial charge in [0, 0.05) is 32.4 Å². The van der Waals surface area contributed by atoms with Crippen LogP contribution in [0.5, 0.6) is 11.6 Å². The number of fused-ring (bicyclic) bond motifs is 2. The number of rotatable bonds is 4. The van der Waals surface area contributed by atoms with Crippen LogP contribution in [0.2, 0.25) is 19.6 Å². The Morgan fingerprint density at radius 1 is 1.06 bits per heavy atom. The van der Waals surface area contributed by atoms with Crippen molar-refractivity contribution in [3.63, 3.8) is 0 Å². The fraction of sp³-hybridized carbons (Fsp3) is 0.565. The van der Waals surface area contributed by atoms with Crippen molar-refractivity contribution in [3.8, 4) is 11.6 Å². The van der Waals surface area contributed by atoms with Gasteiger partial charge in [0.15, 0.2) is 8.32 Å². The molecule has 168 valence electrons. The van der Waals surface area contributed by atoms with Crippen molar-refractivity contribution >= 4 is 8.32 Å². The molecule has 2 aromatic rings. The van der Waals surface area contributed by atoms with Crippen molar-refractivity contribution in [1.82, 2.24) is 9.13 Å². The molecule has 1 aromatic carbocycles. The van der Waals surface area contributed by atoms with Gasteiger partial charge in [0.05, 0.1) is 12.7 Å². The largest absolute Gasteiger partial charge is 0.497 e. The topological polar surface area (TPSA) is 71.7 Å². The summed E-state index contributed by atoms with van der Waals surface area (Å²) in [6, 6.07) is 7.86. The molecule has 31 heavy (non-hydrogen) atoms. The van der Waals surface area contributed by atoms with Gasteiger partial charge in [-0.15, -0.1) is 0 Å². The molecule has 0 saturated heterocycles. The van der Waals surface area contributed by atoms with Crippen molar-refractivity contribution in [2.24, 2.45) is 20.0 Å². The van der Waals surface area contributed by atoms with Gasteiger partial charge in [-0.1, -0.05) is 18.6 Å². The van der Waals surface area contributed by atoms with Crippen LogP contribution in [0.3, 0.4) is 0 Å². The Morgan fingerprint density at radius 2 is 1.74 bits per heavy atom. The Morgan fingerprint density at radius 3 is 2.35 bits per heavy atom. The molecule has 1 fully saturated rings. The maximum atomic E-state index is 13.4. The average molecular weight is 445 g/mol. The van der Waals surface area contributed by atoms with Crippen LogP contribution in [0.1, 0.15) is 42.7 Å². The first kappa shape index (κ1) is 21.9. The molecule has 0 N–H and O–H groups in total. The summed E-state index contributed by atoms with van der Waals surface area (Å²) >= 11 is 0. The van der Waals surface area contributed by atoms with E-state index in [9.17, 15) is 9.59 Å². The first-order valence-electron chi connectivity index (χ1n) is 10.9. The van der Waals surface area contributed by atoms with Crippen LogP contribution < -0.4 is 20.7 Å². The normalized spacial score (nSPS) is 25.4. The van der Waals surface area contributed by atoms with E-state index in [2.05, 4.69) is 19.6 Å². The van der Waals surface area contributed by atoms with Gasteiger partial charge in [0.1, 0.15) is 5.75 Å². The van der Waals surface area contributed by atoms with Crippen molar-refractivity contribution in [2.75, 3.05) is 7.11 Å². The summed E-state index contributed by atoms with van der Waals surface area (Å²) < 4.78 is 21.3. The number of ether oxygens (including phenoxy) is 2. The van der Waals surface area contributed by atoms with Gasteiger partial charge >= 0.3 is 5.69 Å². The highest BCUT2D eigenvalue weighted by Gasteiger charge is 2.55. The number of hydrogen-bond acceptors (Lipinski definition) is 5. The van der Waals surface area contributed by atoms with Gasteiger partial charge < -0.3 is 13.9 Å². The third-order valence-corrected chi connectivity index (χ3v) is 7.39. The third kappa shape index (κ3) is 3.65. The lowest BCUT2D eigenvalue weighted by molar-refractivity contribution is -0.198. The molecule has 4 rings (SSSR count). The van der Waals surface area contributed by atoms with Crippen LogP contribution in [0.25, 0.3) is 0 Å². The molecule has 8 heteroatoms. The van der Waals surface area contributed by atoms with E-state index in [0.717, 1.165) is 37.0 Å². The van der Waals surface area contributed by atoms with Gasteiger partial charge in [-0.25, -0.2) is 4.79 Å². The van der Waals surface area contributed by atoms with Crippen LogP contribution >= 0.6 is 0 Å². The number of aromatic nitrogens is 2. The van der Waals surface area contributed by atoms with Crippen LogP contribution in [-0.4, -0.2) is 30.3 Å². The number of nitrogens with zero attached hydrogens (tertiary/aromatic N) is 2. The minimum Gasteiger partial charge on any atom is -0.497 e. The maximum Gasteiger partial charge on any atom is 0.333 e. The highest BCUT2D eigenvalue weighted by Crippen LogP contribution is 2.53. The lowest BCUT2D eigenvalue weighted by Crippen LogP contribution is -2.59. The van der Waals surface area contributed by atoms with Crippen LogP contribution in [0, 0.1) is 5.92 Å². The minimum absolute atomic E-state index is 0.0147. The van der Waals surface area contributed by atoms with Crippen molar-refractivity contribution < 1.29 is 13.9 Å². The maximum absolute atomic E-state index is 13.4. The molecule has 1 saturated carbocycles. The molecule has 1 aromatic heterocycles. The average Bonchev–Trinajstić information content (AvgIpc) is 2.73. The summed E-state index contributed by atoms with van der Waals surface area (Å²) in [5.41, 5.74) is 0.855. The zero-order valence-electron chi connectivity index (χ0n) is 19.2. The number of benzene rings is 1. The summed E-state index contributed by atoms with van der Waals surface area (Å²) in [6.07, 6.45) is 3.69. The molecule has 0 radical (unpaired) electrons. The van der Waals surface area contributed by atoms with Crippen molar-refractivity contribution in [2.45, 2.75) is 57.0 Å². The highest BCUT2D eigenvalue weighted by molar-refractivity contribution is 6.69. The van der Waals surface area contributed by atoms with Crippen LogP contribution in [0.4, 0.5) is 0 Å². The van der Waals surface area contributed by atoms with Gasteiger partial charge in [0.2, 0.25) is 11.7 Å². The standard InChI is InChI=1S/C23H32N2O5Si/c1-24-20(26)19-18(15-10-12-16(28-3)13-11-15)17-9-7-8-14-23(17,30-31(4,5)6)29-21(19)25(2)22(24)27/h10-13,17-18H,7-9,14H2,1-6H3/t17-,18-,23-/m0/s1. The van der Waals surface area contributed by atoms with Gasteiger partial charge in [-0.3, -0.25) is 13.9 Å². The molecule has 3 atom stereocenters. The first-order chi connectivity index (χ1) is 14.6. The molecule has 0 spiro atoms. The fourth-order valence-electron chi connectivity index (χ4n) is 5.17. The summed E-state index contributed by atoms with van der Waals surface area (Å²) in [5.74, 6) is 0.0236. The predicted molar refractivity (Wildman–Crippen MR) is 122 cm³/mol. The van der Waals surface area contributed by atoms with E-state index in [0.29, 0.717) is 11.4 Å². The second kappa shape index (κ2) is 7.67. The summed E-state index contributed by atoms with van der Waals surface area (Å²) in [6.45, 7) is 6.45. The zero-order chi connectivity index (χ0) is 22.6. The monoisotopic (exact) mass is 444 g/mol. The first-order valence-corrected chi connectivity index (χ1v) is 14.3. The Bertz CT molecular complexity index is 1100.